The van der Waals surface area contributed by atoms with Crippen LogP contribution >= 0.6 is 0 Å². The van der Waals surface area contributed by atoms with E-state index in [9.17, 15) is 18.0 Å². The topological polar surface area (TPSA) is 105 Å². The SMILES string of the molecule is CCN1CCC2(CC1)CC(NC(=O)c1ccno1)c1ccccc1O2.O=C(O)C(F)(F)F. The van der Waals surface area contributed by atoms with Gasteiger partial charge in [-0.3, -0.25) is 4.79 Å². The van der Waals surface area contributed by atoms with Crippen LogP contribution in [0.4, 0.5) is 13.2 Å². The molecule has 2 aliphatic heterocycles. The molecule has 11 heteroatoms. The summed E-state index contributed by atoms with van der Waals surface area (Å²) in [5, 5.41) is 13.8. The first-order chi connectivity index (χ1) is 15.1. The fourth-order valence-electron chi connectivity index (χ4n) is 3.89. The van der Waals surface area contributed by atoms with Crippen molar-refractivity contribution in [1.82, 2.24) is 15.4 Å². The van der Waals surface area contributed by atoms with Crippen molar-refractivity contribution in [3.05, 3.63) is 47.9 Å². The molecule has 174 valence electrons. The smallest absolute Gasteiger partial charge is 0.487 e. The molecule has 1 aromatic heterocycles. The third-order valence-corrected chi connectivity index (χ3v) is 5.62. The van der Waals surface area contributed by atoms with Gasteiger partial charge in [0, 0.05) is 31.1 Å². The first kappa shape index (κ1) is 23.6. The van der Waals surface area contributed by atoms with Gasteiger partial charge in [0.1, 0.15) is 11.4 Å². The number of aliphatic carboxylic acids is 1. The van der Waals surface area contributed by atoms with Gasteiger partial charge < -0.3 is 24.6 Å². The van der Waals surface area contributed by atoms with Crippen LogP contribution in [0.25, 0.3) is 0 Å². The van der Waals surface area contributed by atoms with E-state index in [1.165, 1.54) is 6.20 Å². The summed E-state index contributed by atoms with van der Waals surface area (Å²) in [6, 6.07) is 9.47. The van der Waals surface area contributed by atoms with Crippen LogP contribution in [-0.4, -0.2) is 58.5 Å². The zero-order valence-electron chi connectivity index (χ0n) is 17.4. The number of nitrogens with one attached hydrogen (secondary N) is 1. The second kappa shape index (κ2) is 9.60. The third-order valence-electron chi connectivity index (χ3n) is 5.62. The summed E-state index contributed by atoms with van der Waals surface area (Å²) in [6.45, 7) is 5.32. The molecule has 0 saturated carbocycles. The molecule has 0 bridgehead atoms. The Balaban J connectivity index is 0.000000360. The Morgan fingerprint density at radius 1 is 1.25 bits per heavy atom. The standard InChI is InChI=1S/C19H23N3O3.C2HF3O2/c1-2-22-11-8-19(9-12-22)13-15(14-5-3-4-6-16(14)24-19)21-18(23)17-7-10-20-25-17;3-2(4,5)1(6)7/h3-7,10,15H,2,8-9,11-13H2,1H3,(H,21,23);(H,6,7). The average molecular weight is 455 g/mol. The monoisotopic (exact) mass is 455 g/mol. The summed E-state index contributed by atoms with van der Waals surface area (Å²) < 4.78 is 43.2. The van der Waals surface area contributed by atoms with Crippen molar-refractivity contribution in [2.45, 2.75) is 44.0 Å². The molecule has 0 radical (unpaired) electrons. The number of amides is 1. The first-order valence-corrected chi connectivity index (χ1v) is 10.2. The number of rotatable bonds is 3. The summed E-state index contributed by atoms with van der Waals surface area (Å²) in [5.74, 6) is -1.88. The minimum absolute atomic E-state index is 0.0873. The van der Waals surface area contributed by atoms with Gasteiger partial charge >= 0.3 is 12.1 Å². The molecule has 2 aromatic rings. The molecule has 32 heavy (non-hydrogen) atoms. The Morgan fingerprint density at radius 2 is 1.91 bits per heavy atom. The number of piperidine rings is 1. The number of para-hydroxylation sites is 1. The molecule has 1 fully saturated rings. The fourth-order valence-corrected chi connectivity index (χ4v) is 3.89. The van der Waals surface area contributed by atoms with Crippen LogP contribution in [0.5, 0.6) is 5.75 Å². The van der Waals surface area contributed by atoms with Crippen molar-refractivity contribution in [2.24, 2.45) is 0 Å². The molecule has 2 aliphatic rings. The quantitative estimate of drug-likeness (QED) is 0.731. The van der Waals surface area contributed by atoms with Crippen molar-refractivity contribution in [3.63, 3.8) is 0 Å². The number of carbonyl (C=O) groups excluding carboxylic acids is 1. The van der Waals surface area contributed by atoms with Crippen LogP contribution in [0.15, 0.2) is 41.1 Å². The van der Waals surface area contributed by atoms with Crippen LogP contribution < -0.4 is 10.1 Å². The lowest BCUT2D eigenvalue weighted by Gasteiger charge is -2.46. The summed E-state index contributed by atoms with van der Waals surface area (Å²) >= 11 is 0. The zero-order valence-corrected chi connectivity index (χ0v) is 17.4. The van der Waals surface area contributed by atoms with E-state index in [-0.39, 0.29) is 23.3 Å². The molecule has 1 spiro atoms. The number of likely N-dealkylation sites (tertiary alicyclic amines) is 1. The predicted molar refractivity (Wildman–Crippen MR) is 106 cm³/mol. The fraction of sp³-hybridized carbons (Fsp3) is 0.476. The Bertz CT molecular complexity index is 925. The summed E-state index contributed by atoms with van der Waals surface area (Å²) in [7, 11) is 0. The van der Waals surface area contributed by atoms with Gasteiger partial charge in [-0.2, -0.15) is 13.2 Å². The predicted octanol–water partition coefficient (Wildman–Crippen LogP) is 3.42. The van der Waals surface area contributed by atoms with Gasteiger partial charge in [0.05, 0.1) is 12.2 Å². The third kappa shape index (κ3) is 5.58. The van der Waals surface area contributed by atoms with Crippen LogP contribution in [0.1, 0.15) is 48.3 Å². The molecule has 1 aromatic carbocycles. The van der Waals surface area contributed by atoms with Gasteiger partial charge in [-0.15, -0.1) is 0 Å². The molecule has 4 rings (SSSR count). The van der Waals surface area contributed by atoms with Gasteiger partial charge in [0.25, 0.3) is 5.91 Å². The number of aromatic nitrogens is 1. The largest absolute Gasteiger partial charge is 0.490 e. The molecule has 3 heterocycles. The molecule has 1 unspecified atom stereocenters. The highest BCUT2D eigenvalue weighted by atomic mass is 19.4. The van der Waals surface area contributed by atoms with Crippen molar-refractivity contribution >= 4 is 11.9 Å². The highest BCUT2D eigenvalue weighted by molar-refractivity contribution is 5.91. The van der Waals surface area contributed by atoms with E-state index in [0.717, 1.165) is 50.2 Å². The number of carboxylic acids is 1. The lowest BCUT2D eigenvalue weighted by molar-refractivity contribution is -0.192. The number of halogens is 3. The van der Waals surface area contributed by atoms with Crippen LogP contribution in [0.3, 0.4) is 0 Å². The van der Waals surface area contributed by atoms with E-state index in [1.807, 2.05) is 24.3 Å². The molecular formula is C21H24F3N3O5. The van der Waals surface area contributed by atoms with Crippen LogP contribution in [-0.2, 0) is 4.79 Å². The Morgan fingerprint density at radius 3 is 2.47 bits per heavy atom. The highest BCUT2D eigenvalue weighted by Gasteiger charge is 2.43. The van der Waals surface area contributed by atoms with Gasteiger partial charge in [0.2, 0.25) is 5.76 Å². The first-order valence-electron chi connectivity index (χ1n) is 10.2. The van der Waals surface area contributed by atoms with Gasteiger partial charge in [-0.05, 0) is 25.5 Å². The molecule has 1 saturated heterocycles. The van der Waals surface area contributed by atoms with E-state index in [4.69, 9.17) is 19.2 Å². The van der Waals surface area contributed by atoms with E-state index in [0.29, 0.717) is 0 Å². The number of nitrogens with zero attached hydrogens (tertiary/aromatic N) is 2. The normalized spacial score (nSPS) is 19.8. The van der Waals surface area contributed by atoms with Crippen molar-refractivity contribution in [1.29, 1.82) is 0 Å². The zero-order chi connectivity index (χ0) is 23.4. The van der Waals surface area contributed by atoms with Crippen LogP contribution in [0, 0.1) is 0 Å². The summed E-state index contributed by atoms with van der Waals surface area (Å²) in [4.78, 5) is 23.8. The second-order valence-corrected chi connectivity index (χ2v) is 7.67. The number of benzene rings is 1. The summed E-state index contributed by atoms with van der Waals surface area (Å²) in [5.41, 5.74) is 0.818. The van der Waals surface area contributed by atoms with E-state index in [1.54, 1.807) is 6.07 Å². The molecule has 1 atom stereocenters. The number of ether oxygens (including phenoxy) is 1. The maximum atomic E-state index is 12.5. The number of fused-ring (bicyclic) bond motifs is 1. The number of hydrogen-bond acceptors (Lipinski definition) is 6. The Kier molecular flexibility index (Phi) is 7.07. The number of hydrogen-bond donors (Lipinski definition) is 2. The van der Waals surface area contributed by atoms with Gasteiger partial charge in [0.15, 0.2) is 0 Å². The number of carbonyl (C=O) groups is 2. The van der Waals surface area contributed by atoms with Crippen molar-refractivity contribution < 1.29 is 37.1 Å². The molecule has 8 nitrogen and oxygen atoms in total. The van der Waals surface area contributed by atoms with E-state index < -0.39 is 12.1 Å². The van der Waals surface area contributed by atoms with Gasteiger partial charge in [-0.1, -0.05) is 30.3 Å². The minimum Gasteiger partial charge on any atom is -0.487 e. The van der Waals surface area contributed by atoms with E-state index in [2.05, 4.69) is 22.3 Å². The lowest BCUT2D eigenvalue weighted by atomic mass is 9.80. The molecule has 2 N–H and O–H groups in total. The van der Waals surface area contributed by atoms with Gasteiger partial charge in [-0.25, -0.2) is 4.79 Å². The number of carboxylic acid groups (broad SMARTS) is 1. The van der Waals surface area contributed by atoms with Crippen molar-refractivity contribution in [2.75, 3.05) is 19.6 Å². The Labute approximate surface area is 182 Å². The lowest BCUT2D eigenvalue weighted by Crippen LogP contribution is -2.52. The van der Waals surface area contributed by atoms with Crippen molar-refractivity contribution in [3.8, 4) is 5.75 Å². The van der Waals surface area contributed by atoms with E-state index >= 15 is 0 Å². The van der Waals surface area contributed by atoms with Crippen LogP contribution in [0.2, 0.25) is 0 Å². The molecular weight excluding hydrogens is 431 g/mol. The maximum Gasteiger partial charge on any atom is 0.490 e. The average Bonchev–Trinajstić information content (AvgIpc) is 3.29. The maximum absolute atomic E-state index is 12.5. The minimum atomic E-state index is -5.08. The molecule has 1 amide bonds. The number of alkyl halides is 3. The molecule has 0 aliphatic carbocycles. The highest BCUT2D eigenvalue weighted by Crippen LogP contribution is 2.44. The summed E-state index contributed by atoms with van der Waals surface area (Å²) in [6.07, 6.45) is -0.871. The Hall–Kier alpha value is -3.08. The second-order valence-electron chi connectivity index (χ2n) is 7.67.